The number of hydrogen-bond acceptors (Lipinski definition) is 2. The zero-order valence-corrected chi connectivity index (χ0v) is 13.0. The molecule has 21 heavy (non-hydrogen) atoms. The van der Waals surface area contributed by atoms with E-state index in [2.05, 4.69) is 31.2 Å². The largest absolute Gasteiger partial charge is 0.338 e. The third kappa shape index (κ3) is 2.71. The number of carbonyl (C=O) groups is 1. The molecule has 0 atom stereocenters. The van der Waals surface area contributed by atoms with Gasteiger partial charge in [-0.2, -0.15) is 0 Å². The summed E-state index contributed by atoms with van der Waals surface area (Å²) in [6, 6.07) is 8.47. The Morgan fingerprint density at radius 1 is 1.29 bits per heavy atom. The normalized spacial score (nSPS) is 29.0. The zero-order chi connectivity index (χ0) is 14.9. The van der Waals surface area contributed by atoms with Crippen molar-refractivity contribution in [3.05, 3.63) is 35.4 Å². The molecule has 0 bridgehead atoms. The first-order valence-electron chi connectivity index (χ1n) is 8.21. The van der Waals surface area contributed by atoms with Crippen molar-refractivity contribution >= 4 is 5.91 Å². The van der Waals surface area contributed by atoms with E-state index in [-0.39, 0.29) is 5.41 Å². The van der Waals surface area contributed by atoms with Gasteiger partial charge in [0.05, 0.1) is 5.41 Å². The van der Waals surface area contributed by atoms with Gasteiger partial charge in [-0.15, -0.1) is 0 Å². The second kappa shape index (κ2) is 5.80. The molecule has 1 saturated carbocycles. The van der Waals surface area contributed by atoms with E-state index >= 15 is 0 Å². The van der Waals surface area contributed by atoms with Gasteiger partial charge in [-0.3, -0.25) is 4.79 Å². The molecule has 1 aliphatic heterocycles. The van der Waals surface area contributed by atoms with Crippen LogP contribution in [-0.2, 0) is 17.8 Å². The van der Waals surface area contributed by atoms with Gasteiger partial charge in [-0.25, -0.2) is 0 Å². The van der Waals surface area contributed by atoms with Crippen LogP contribution in [0.1, 0.15) is 43.7 Å². The van der Waals surface area contributed by atoms with Gasteiger partial charge in [0.15, 0.2) is 0 Å². The van der Waals surface area contributed by atoms with E-state index in [4.69, 9.17) is 5.73 Å². The Kier molecular flexibility index (Phi) is 4.03. The summed E-state index contributed by atoms with van der Waals surface area (Å²) < 4.78 is 0. The summed E-state index contributed by atoms with van der Waals surface area (Å²) in [5, 5.41) is 0. The molecule has 0 unspecified atom stereocenters. The van der Waals surface area contributed by atoms with Crippen molar-refractivity contribution in [3.8, 4) is 0 Å². The number of carbonyl (C=O) groups excluding carboxylic acids is 1. The summed E-state index contributed by atoms with van der Waals surface area (Å²) >= 11 is 0. The van der Waals surface area contributed by atoms with E-state index < -0.39 is 0 Å². The molecule has 0 saturated heterocycles. The standard InChI is InChI=1S/C18H26N2O/c1-14-6-9-18(13-19,10-7-14)17(21)20-11-8-15-4-2-3-5-16(15)12-20/h2-5,14H,6-13,19H2,1H3. The van der Waals surface area contributed by atoms with Gasteiger partial charge >= 0.3 is 0 Å². The fourth-order valence-corrected chi connectivity index (χ4v) is 3.82. The maximum absolute atomic E-state index is 13.1. The highest BCUT2D eigenvalue weighted by atomic mass is 16.2. The van der Waals surface area contributed by atoms with E-state index in [1.165, 1.54) is 11.1 Å². The van der Waals surface area contributed by atoms with E-state index in [1.54, 1.807) is 0 Å². The third-order valence-corrected chi connectivity index (χ3v) is 5.49. The Morgan fingerprint density at radius 2 is 1.95 bits per heavy atom. The average molecular weight is 286 g/mol. The lowest BCUT2D eigenvalue weighted by molar-refractivity contribution is -0.145. The molecule has 114 valence electrons. The quantitative estimate of drug-likeness (QED) is 0.908. The fraction of sp³-hybridized carbons (Fsp3) is 0.611. The van der Waals surface area contributed by atoms with Crippen molar-refractivity contribution in [1.29, 1.82) is 0 Å². The minimum absolute atomic E-state index is 0.293. The summed E-state index contributed by atoms with van der Waals surface area (Å²) in [5.74, 6) is 1.03. The van der Waals surface area contributed by atoms with Crippen molar-refractivity contribution in [1.82, 2.24) is 4.90 Å². The Hall–Kier alpha value is -1.35. The highest BCUT2D eigenvalue weighted by molar-refractivity contribution is 5.83. The highest BCUT2D eigenvalue weighted by Gasteiger charge is 2.42. The number of nitrogens with zero attached hydrogens (tertiary/aromatic N) is 1. The molecular weight excluding hydrogens is 260 g/mol. The summed E-state index contributed by atoms with van der Waals surface area (Å²) in [6.07, 6.45) is 5.16. The third-order valence-electron chi connectivity index (χ3n) is 5.49. The van der Waals surface area contributed by atoms with Crippen molar-refractivity contribution in [2.45, 2.75) is 45.6 Å². The number of fused-ring (bicyclic) bond motifs is 1. The van der Waals surface area contributed by atoms with Gasteiger partial charge in [0, 0.05) is 19.6 Å². The minimum atomic E-state index is -0.293. The zero-order valence-electron chi connectivity index (χ0n) is 13.0. The Bertz CT molecular complexity index is 518. The van der Waals surface area contributed by atoms with Gasteiger partial charge in [-0.1, -0.05) is 31.2 Å². The molecule has 0 aromatic heterocycles. The number of nitrogens with two attached hydrogens (primary N) is 1. The van der Waals surface area contributed by atoms with Crippen LogP contribution < -0.4 is 5.73 Å². The Morgan fingerprint density at radius 3 is 2.62 bits per heavy atom. The SMILES string of the molecule is CC1CCC(CN)(C(=O)N2CCc3ccccc3C2)CC1. The number of rotatable bonds is 2. The lowest BCUT2D eigenvalue weighted by Gasteiger charge is -2.42. The lowest BCUT2D eigenvalue weighted by Crippen LogP contribution is -2.51. The molecule has 2 aliphatic rings. The summed E-state index contributed by atoms with van der Waals surface area (Å²) in [5.41, 5.74) is 8.43. The second-order valence-electron chi connectivity index (χ2n) is 6.91. The van der Waals surface area contributed by atoms with Crippen LogP contribution in [0.5, 0.6) is 0 Å². The smallest absolute Gasteiger partial charge is 0.230 e. The summed E-state index contributed by atoms with van der Waals surface area (Å²) in [6.45, 7) is 4.37. The van der Waals surface area contributed by atoms with Gasteiger partial charge in [0.25, 0.3) is 0 Å². The van der Waals surface area contributed by atoms with Crippen LogP contribution in [0.3, 0.4) is 0 Å². The number of benzene rings is 1. The van der Waals surface area contributed by atoms with Crippen LogP contribution in [0.2, 0.25) is 0 Å². The first-order valence-corrected chi connectivity index (χ1v) is 8.21. The fourth-order valence-electron chi connectivity index (χ4n) is 3.82. The summed E-state index contributed by atoms with van der Waals surface area (Å²) in [7, 11) is 0. The van der Waals surface area contributed by atoms with E-state index in [0.717, 1.165) is 51.1 Å². The minimum Gasteiger partial charge on any atom is -0.338 e. The topological polar surface area (TPSA) is 46.3 Å². The van der Waals surface area contributed by atoms with E-state index in [1.807, 2.05) is 4.90 Å². The second-order valence-corrected chi connectivity index (χ2v) is 6.91. The number of hydrogen-bond donors (Lipinski definition) is 1. The van der Waals surface area contributed by atoms with Crippen molar-refractivity contribution in [2.24, 2.45) is 17.1 Å². The molecule has 1 heterocycles. The molecule has 2 N–H and O–H groups in total. The predicted octanol–water partition coefficient (Wildman–Crippen LogP) is 2.73. The molecule has 1 aromatic rings. The molecule has 3 rings (SSSR count). The predicted molar refractivity (Wildman–Crippen MR) is 84.7 cm³/mol. The summed E-state index contributed by atoms with van der Waals surface area (Å²) in [4.78, 5) is 15.1. The molecule has 3 heteroatoms. The molecule has 0 spiro atoms. The van der Waals surface area contributed by atoms with Crippen molar-refractivity contribution < 1.29 is 4.79 Å². The van der Waals surface area contributed by atoms with Crippen LogP contribution in [0.4, 0.5) is 0 Å². The molecular formula is C18H26N2O. The van der Waals surface area contributed by atoms with Crippen LogP contribution in [0, 0.1) is 11.3 Å². The molecule has 3 nitrogen and oxygen atoms in total. The van der Waals surface area contributed by atoms with Crippen molar-refractivity contribution in [2.75, 3.05) is 13.1 Å². The van der Waals surface area contributed by atoms with Gasteiger partial charge < -0.3 is 10.6 Å². The first kappa shape index (κ1) is 14.6. The van der Waals surface area contributed by atoms with Crippen LogP contribution in [-0.4, -0.2) is 23.9 Å². The van der Waals surface area contributed by atoms with Crippen LogP contribution >= 0.6 is 0 Å². The van der Waals surface area contributed by atoms with Crippen LogP contribution in [0.15, 0.2) is 24.3 Å². The molecule has 0 radical (unpaired) electrons. The maximum Gasteiger partial charge on any atom is 0.230 e. The van der Waals surface area contributed by atoms with Gasteiger partial charge in [0.1, 0.15) is 0 Å². The Balaban J connectivity index is 1.76. The highest BCUT2D eigenvalue weighted by Crippen LogP contribution is 2.40. The number of amides is 1. The van der Waals surface area contributed by atoms with Gasteiger partial charge in [0.2, 0.25) is 5.91 Å². The first-order chi connectivity index (χ1) is 10.1. The van der Waals surface area contributed by atoms with E-state index in [0.29, 0.717) is 12.5 Å². The van der Waals surface area contributed by atoms with Gasteiger partial charge in [-0.05, 0) is 49.1 Å². The maximum atomic E-state index is 13.1. The Labute approximate surface area is 127 Å². The van der Waals surface area contributed by atoms with E-state index in [9.17, 15) is 4.79 Å². The molecule has 1 aromatic carbocycles. The average Bonchev–Trinajstić information content (AvgIpc) is 2.55. The molecule has 1 aliphatic carbocycles. The molecule has 1 fully saturated rings. The van der Waals surface area contributed by atoms with Crippen molar-refractivity contribution in [3.63, 3.8) is 0 Å². The lowest BCUT2D eigenvalue weighted by atomic mass is 9.69. The molecule has 1 amide bonds. The van der Waals surface area contributed by atoms with Crippen LogP contribution in [0.25, 0.3) is 0 Å². The monoisotopic (exact) mass is 286 g/mol.